The van der Waals surface area contributed by atoms with Gasteiger partial charge in [0.1, 0.15) is 0 Å². The van der Waals surface area contributed by atoms with Gasteiger partial charge in [-0.2, -0.15) is 0 Å². The van der Waals surface area contributed by atoms with Crippen molar-refractivity contribution in [2.75, 3.05) is 7.05 Å². The Morgan fingerprint density at radius 3 is 2.74 bits per heavy atom. The number of rotatable bonds is 4. The molecule has 1 aliphatic carbocycles. The van der Waals surface area contributed by atoms with Crippen molar-refractivity contribution in [1.29, 1.82) is 0 Å². The van der Waals surface area contributed by atoms with Gasteiger partial charge in [-0.1, -0.05) is 24.3 Å². The Morgan fingerprint density at radius 2 is 2.11 bits per heavy atom. The van der Waals surface area contributed by atoms with Crippen molar-refractivity contribution in [1.82, 2.24) is 10.2 Å². The highest BCUT2D eigenvalue weighted by atomic mass is 16.2. The minimum absolute atomic E-state index is 0.103. The van der Waals surface area contributed by atoms with E-state index >= 15 is 0 Å². The van der Waals surface area contributed by atoms with Gasteiger partial charge in [0.25, 0.3) is 0 Å². The molecule has 1 aliphatic heterocycles. The average molecular weight is 258 g/mol. The second-order valence-electron chi connectivity index (χ2n) is 5.45. The maximum Gasteiger partial charge on any atom is 0.246 e. The van der Waals surface area contributed by atoms with Crippen LogP contribution in [0.2, 0.25) is 0 Å². The molecule has 0 spiro atoms. The average Bonchev–Trinajstić information content (AvgIpc) is 3.23. The van der Waals surface area contributed by atoms with Gasteiger partial charge >= 0.3 is 0 Å². The topological polar surface area (TPSA) is 49.4 Å². The Morgan fingerprint density at radius 1 is 1.32 bits per heavy atom. The van der Waals surface area contributed by atoms with E-state index in [0.29, 0.717) is 6.54 Å². The number of carbonyl (C=O) groups excluding carboxylic acids is 2. The number of nitrogens with one attached hydrogen (secondary N) is 1. The molecule has 19 heavy (non-hydrogen) atoms. The van der Waals surface area contributed by atoms with Crippen LogP contribution in [0.4, 0.5) is 0 Å². The first-order chi connectivity index (χ1) is 9.15. The van der Waals surface area contributed by atoms with Crippen LogP contribution in [0.15, 0.2) is 24.3 Å². The third-order valence-electron chi connectivity index (χ3n) is 3.93. The van der Waals surface area contributed by atoms with Crippen LogP contribution in [0.25, 0.3) is 0 Å². The zero-order chi connectivity index (χ0) is 13.4. The molecule has 1 aromatic carbocycles. The van der Waals surface area contributed by atoms with Gasteiger partial charge in [-0.15, -0.1) is 0 Å². The van der Waals surface area contributed by atoms with E-state index in [1.165, 1.54) is 28.9 Å². The highest BCUT2D eigenvalue weighted by Crippen LogP contribution is 2.40. The van der Waals surface area contributed by atoms with Crippen molar-refractivity contribution in [3.8, 4) is 0 Å². The zero-order valence-corrected chi connectivity index (χ0v) is 11.1. The second-order valence-corrected chi connectivity index (χ2v) is 5.45. The fraction of sp³-hybridized carbons (Fsp3) is 0.467. The molecule has 0 bridgehead atoms. The number of likely N-dealkylation sites (tertiary alicyclic amines) is 1. The molecule has 1 heterocycles. The van der Waals surface area contributed by atoms with Crippen LogP contribution in [-0.4, -0.2) is 29.8 Å². The Labute approximate surface area is 112 Å². The van der Waals surface area contributed by atoms with Crippen molar-refractivity contribution >= 4 is 11.8 Å². The lowest BCUT2D eigenvalue weighted by Crippen LogP contribution is -2.36. The summed E-state index contributed by atoms with van der Waals surface area (Å²) < 4.78 is 0. The van der Waals surface area contributed by atoms with E-state index in [1.54, 1.807) is 7.05 Å². The molecular formula is C15H18N2O2. The van der Waals surface area contributed by atoms with Crippen LogP contribution >= 0.6 is 0 Å². The molecule has 2 aliphatic rings. The molecule has 100 valence electrons. The number of carbonyl (C=O) groups is 2. The van der Waals surface area contributed by atoms with Gasteiger partial charge in [-0.3, -0.25) is 14.5 Å². The fourth-order valence-electron chi connectivity index (χ4n) is 2.53. The molecule has 1 saturated heterocycles. The first-order valence-corrected chi connectivity index (χ1v) is 6.78. The predicted molar refractivity (Wildman–Crippen MR) is 71.4 cm³/mol. The van der Waals surface area contributed by atoms with Crippen molar-refractivity contribution in [2.45, 2.75) is 37.8 Å². The van der Waals surface area contributed by atoms with E-state index in [0.717, 1.165) is 5.92 Å². The molecule has 0 aromatic heterocycles. The Hall–Kier alpha value is -1.68. The molecular weight excluding hydrogens is 240 g/mol. The Kier molecular flexibility index (Phi) is 3.11. The molecule has 0 radical (unpaired) electrons. The highest BCUT2D eigenvalue weighted by molar-refractivity contribution is 6.05. The van der Waals surface area contributed by atoms with Crippen LogP contribution < -0.4 is 5.32 Å². The molecule has 1 atom stereocenters. The van der Waals surface area contributed by atoms with Gasteiger partial charge < -0.3 is 5.32 Å². The monoisotopic (exact) mass is 258 g/mol. The number of hydrogen-bond donors (Lipinski definition) is 1. The summed E-state index contributed by atoms with van der Waals surface area (Å²) >= 11 is 0. The van der Waals surface area contributed by atoms with Gasteiger partial charge in [0, 0.05) is 13.6 Å². The lowest BCUT2D eigenvalue weighted by atomic mass is 10.1. The molecule has 1 N–H and O–H groups in total. The fourth-order valence-corrected chi connectivity index (χ4v) is 2.53. The summed E-state index contributed by atoms with van der Waals surface area (Å²) in [4.78, 5) is 24.4. The van der Waals surface area contributed by atoms with Crippen molar-refractivity contribution < 1.29 is 9.59 Å². The molecule has 1 aromatic rings. The van der Waals surface area contributed by atoms with E-state index in [9.17, 15) is 9.59 Å². The molecule has 1 saturated carbocycles. The molecule has 2 amide bonds. The van der Waals surface area contributed by atoms with E-state index in [4.69, 9.17) is 0 Å². The quantitative estimate of drug-likeness (QED) is 0.831. The third-order valence-corrected chi connectivity index (χ3v) is 3.93. The van der Waals surface area contributed by atoms with E-state index in [2.05, 4.69) is 29.6 Å². The summed E-state index contributed by atoms with van der Waals surface area (Å²) in [6.45, 7) is 0.637. The predicted octanol–water partition coefficient (Wildman–Crippen LogP) is 1.41. The smallest absolute Gasteiger partial charge is 0.246 e. The van der Waals surface area contributed by atoms with Gasteiger partial charge in [0.05, 0.1) is 12.5 Å². The number of imide groups is 1. The second kappa shape index (κ2) is 4.78. The number of nitrogens with zero attached hydrogens (tertiary/aromatic N) is 1. The SMILES string of the molecule is CN1C(=O)CC(NCc2cccc(C3CC3)c2)C1=O. The maximum absolute atomic E-state index is 11.8. The standard InChI is InChI=1S/C15H18N2O2/c1-17-14(18)8-13(15(17)19)16-9-10-3-2-4-12(7-10)11-5-6-11/h2-4,7,11,13,16H,5-6,8-9H2,1H3. The molecule has 2 fully saturated rings. The van der Waals surface area contributed by atoms with Crippen molar-refractivity contribution in [2.24, 2.45) is 0 Å². The largest absolute Gasteiger partial charge is 0.301 e. The van der Waals surface area contributed by atoms with Gasteiger partial charge in [0.2, 0.25) is 11.8 Å². The summed E-state index contributed by atoms with van der Waals surface area (Å²) in [7, 11) is 1.54. The number of amides is 2. The Bertz CT molecular complexity index is 523. The minimum Gasteiger partial charge on any atom is -0.301 e. The maximum atomic E-state index is 11.8. The Balaban J connectivity index is 1.61. The number of hydrogen-bond acceptors (Lipinski definition) is 3. The summed E-state index contributed by atoms with van der Waals surface area (Å²) in [5, 5.41) is 3.18. The molecule has 1 unspecified atom stereocenters. The van der Waals surface area contributed by atoms with E-state index in [-0.39, 0.29) is 24.3 Å². The van der Waals surface area contributed by atoms with Crippen LogP contribution in [0.5, 0.6) is 0 Å². The van der Waals surface area contributed by atoms with Crippen molar-refractivity contribution in [3.63, 3.8) is 0 Å². The van der Waals surface area contributed by atoms with Crippen LogP contribution in [-0.2, 0) is 16.1 Å². The summed E-state index contributed by atoms with van der Waals surface area (Å²) in [5.41, 5.74) is 2.57. The lowest BCUT2D eigenvalue weighted by Gasteiger charge is -2.11. The first kappa shape index (κ1) is 12.4. The zero-order valence-electron chi connectivity index (χ0n) is 11.1. The van der Waals surface area contributed by atoms with Crippen LogP contribution in [0, 0.1) is 0 Å². The third kappa shape index (κ3) is 2.54. The number of benzene rings is 1. The van der Waals surface area contributed by atoms with Gasteiger partial charge in [0.15, 0.2) is 0 Å². The number of likely N-dealkylation sites (N-methyl/N-ethyl adjacent to an activating group) is 1. The molecule has 4 nitrogen and oxygen atoms in total. The molecule has 3 rings (SSSR count). The van der Waals surface area contributed by atoms with E-state index in [1.807, 2.05) is 0 Å². The minimum atomic E-state index is -0.359. The molecule has 4 heteroatoms. The van der Waals surface area contributed by atoms with Gasteiger partial charge in [-0.25, -0.2) is 0 Å². The normalized spacial score (nSPS) is 23.2. The van der Waals surface area contributed by atoms with Crippen molar-refractivity contribution in [3.05, 3.63) is 35.4 Å². The van der Waals surface area contributed by atoms with Crippen LogP contribution in [0.3, 0.4) is 0 Å². The first-order valence-electron chi connectivity index (χ1n) is 6.78. The highest BCUT2D eigenvalue weighted by Gasteiger charge is 2.35. The lowest BCUT2D eigenvalue weighted by molar-refractivity contribution is -0.137. The van der Waals surface area contributed by atoms with Crippen LogP contribution in [0.1, 0.15) is 36.3 Å². The van der Waals surface area contributed by atoms with E-state index < -0.39 is 0 Å². The summed E-state index contributed by atoms with van der Waals surface area (Å²) in [6.07, 6.45) is 2.85. The van der Waals surface area contributed by atoms with Gasteiger partial charge in [-0.05, 0) is 29.9 Å². The summed E-state index contributed by atoms with van der Waals surface area (Å²) in [5.74, 6) is 0.512. The summed E-state index contributed by atoms with van der Waals surface area (Å²) in [6, 6.07) is 8.14.